The number of rotatable bonds is 7. The summed E-state index contributed by atoms with van der Waals surface area (Å²) < 4.78 is 5.12. The molecule has 3 N–H and O–H groups in total. The number of hydrogen-bond acceptors (Lipinski definition) is 4. The number of amides is 1. The van der Waals surface area contributed by atoms with Crippen LogP contribution in [0, 0.1) is 0 Å². The number of benzene rings is 1. The fraction of sp³-hybridized carbons (Fsp3) is 0.375. The van der Waals surface area contributed by atoms with Gasteiger partial charge in [-0.25, -0.2) is 0 Å². The first-order chi connectivity index (χ1) is 10.7. The highest BCUT2D eigenvalue weighted by atomic mass is 16.5. The molecule has 1 aromatic heterocycles. The molecule has 0 saturated heterocycles. The van der Waals surface area contributed by atoms with E-state index in [-0.39, 0.29) is 12.5 Å². The Morgan fingerprint density at radius 2 is 2.14 bits per heavy atom. The molecule has 2 rings (SSSR count). The molecule has 0 radical (unpaired) electrons. The number of hydrogen-bond donors (Lipinski definition) is 3. The zero-order chi connectivity index (χ0) is 15.9. The van der Waals surface area contributed by atoms with E-state index < -0.39 is 6.10 Å². The summed E-state index contributed by atoms with van der Waals surface area (Å²) in [6, 6.07) is 7.36. The number of nitrogens with one attached hydrogen (secondary N) is 2. The molecule has 22 heavy (non-hydrogen) atoms. The molecule has 1 unspecified atom stereocenters. The summed E-state index contributed by atoms with van der Waals surface area (Å²) in [4.78, 5) is 12.2. The van der Waals surface area contributed by atoms with E-state index in [2.05, 4.69) is 15.5 Å². The standard InChI is InChI=1S/C16H21N3O3/c1-3-4-12(20)9-17-16(21)14-10-18-19-15(14)11-5-7-13(22-2)8-6-11/h5-8,10,12,20H,3-4,9H2,1-2H3,(H,17,21)(H,18,19). The summed E-state index contributed by atoms with van der Waals surface area (Å²) >= 11 is 0. The van der Waals surface area contributed by atoms with Crippen molar-refractivity contribution in [3.8, 4) is 17.0 Å². The van der Waals surface area contributed by atoms with Gasteiger partial charge in [0.25, 0.3) is 5.91 Å². The minimum absolute atomic E-state index is 0.236. The number of ether oxygens (including phenoxy) is 1. The highest BCUT2D eigenvalue weighted by Crippen LogP contribution is 2.23. The van der Waals surface area contributed by atoms with Gasteiger partial charge in [0.15, 0.2) is 0 Å². The second-order valence-electron chi connectivity index (χ2n) is 5.04. The van der Waals surface area contributed by atoms with E-state index in [0.717, 1.165) is 17.7 Å². The van der Waals surface area contributed by atoms with Gasteiger partial charge in [0.1, 0.15) is 5.75 Å². The van der Waals surface area contributed by atoms with Gasteiger partial charge >= 0.3 is 0 Å². The molecule has 6 nitrogen and oxygen atoms in total. The average Bonchev–Trinajstić information content (AvgIpc) is 3.02. The molecule has 118 valence electrons. The zero-order valence-corrected chi connectivity index (χ0v) is 12.8. The van der Waals surface area contributed by atoms with Crippen LogP contribution in [-0.2, 0) is 0 Å². The summed E-state index contributed by atoms with van der Waals surface area (Å²) in [5.74, 6) is 0.492. The van der Waals surface area contributed by atoms with Crippen LogP contribution in [0.4, 0.5) is 0 Å². The van der Waals surface area contributed by atoms with Crippen molar-refractivity contribution in [1.29, 1.82) is 0 Å². The Hall–Kier alpha value is -2.34. The lowest BCUT2D eigenvalue weighted by atomic mass is 10.1. The minimum Gasteiger partial charge on any atom is -0.497 e. The van der Waals surface area contributed by atoms with E-state index in [1.807, 2.05) is 31.2 Å². The van der Waals surface area contributed by atoms with Crippen molar-refractivity contribution in [3.63, 3.8) is 0 Å². The number of carbonyl (C=O) groups is 1. The van der Waals surface area contributed by atoms with Crippen molar-refractivity contribution in [2.75, 3.05) is 13.7 Å². The molecule has 6 heteroatoms. The van der Waals surface area contributed by atoms with Crippen LogP contribution in [0.25, 0.3) is 11.3 Å². The Morgan fingerprint density at radius 3 is 2.77 bits per heavy atom. The van der Waals surface area contributed by atoms with Crippen molar-refractivity contribution in [3.05, 3.63) is 36.0 Å². The van der Waals surface area contributed by atoms with Gasteiger partial charge in [0.2, 0.25) is 0 Å². The Kier molecular flexibility index (Phi) is 5.55. The third kappa shape index (κ3) is 3.85. The number of aliphatic hydroxyl groups is 1. The topological polar surface area (TPSA) is 87.2 Å². The normalized spacial score (nSPS) is 12.0. The Balaban J connectivity index is 2.09. The molecular formula is C16H21N3O3. The summed E-state index contributed by atoms with van der Waals surface area (Å²) in [5.41, 5.74) is 1.94. The number of nitrogens with zero attached hydrogens (tertiary/aromatic N) is 1. The van der Waals surface area contributed by atoms with Crippen molar-refractivity contribution < 1.29 is 14.6 Å². The van der Waals surface area contributed by atoms with Gasteiger partial charge in [0.05, 0.1) is 30.7 Å². The van der Waals surface area contributed by atoms with Crippen molar-refractivity contribution >= 4 is 5.91 Å². The van der Waals surface area contributed by atoms with Gasteiger partial charge in [-0.15, -0.1) is 0 Å². The molecule has 1 atom stereocenters. The molecule has 0 aliphatic heterocycles. The maximum atomic E-state index is 12.2. The first-order valence-electron chi connectivity index (χ1n) is 7.29. The van der Waals surface area contributed by atoms with Crippen molar-refractivity contribution in [2.24, 2.45) is 0 Å². The molecule has 1 heterocycles. The largest absolute Gasteiger partial charge is 0.497 e. The Morgan fingerprint density at radius 1 is 1.41 bits per heavy atom. The predicted molar refractivity (Wildman–Crippen MR) is 83.8 cm³/mol. The quantitative estimate of drug-likeness (QED) is 0.730. The Labute approximate surface area is 129 Å². The van der Waals surface area contributed by atoms with Crippen LogP contribution in [0.15, 0.2) is 30.5 Å². The molecule has 0 spiro atoms. The first-order valence-corrected chi connectivity index (χ1v) is 7.29. The lowest BCUT2D eigenvalue weighted by Crippen LogP contribution is -2.32. The number of carbonyl (C=O) groups excluding carboxylic acids is 1. The van der Waals surface area contributed by atoms with Gasteiger partial charge in [-0.2, -0.15) is 5.10 Å². The fourth-order valence-corrected chi connectivity index (χ4v) is 2.18. The van der Waals surface area contributed by atoms with Crippen LogP contribution in [-0.4, -0.2) is 41.0 Å². The van der Waals surface area contributed by atoms with Crippen molar-refractivity contribution in [2.45, 2.75) is 25.9 Å². The fourth-order valence-electron chi connectivity index (χ4n) is 2.18. The SMILES string of the molecule is CCCC(O)CNC(=O)c1cn[nH]c1-c1ccc(OC)cc1. The van der Waals surface area contributed by atoms with E-state index in [1.165, 1.54) is 6.20 Å². The number of methoxy groups -OCH3 is 1. The number of aromatic nitrogens is 2. The molecule has 2 aromatic rings. The Bertz CT molecular complexity index is 607. The van der Waals surface area contributed by atoms with Crippen LogP contribution in [0.5, 0.6) is 5.75 Å². The number of aliphatic hydroxyl groups excluding tert-OH is 1. The monoisotopic (exact) mass is 303 g/mol. The molecular weight excluding hydrogens is 282 g/mol. The molecule has 1 amide bonds. The molecule has 0 saturated carbocycles. The minimum atomic E-state index is -0.523. The maximum Gasteiger partial charge on any atom is 0.255 e. The van der Waals surface area contributed by atoms with Gasteiger partial charge in [-0.05, 0) is 30.7 Å². The second-order valence-corrected chi connectivity index (χ2v) is 5.04. The van der Waals surface area contributed by atoms with E-state index in [0.29, 0.717) is 17.7 Å². The average molecular weight is 303 g/mol. The summed E-state index contributed by atoms with van der Waals surface area (Å²) in [6.07, 6.45) is 2.50. The zero-order valence-electron chi connectivity index (χ0n) is 12.8. The first kappa shape index (κ1) is 16.0. The summed E-state index contributed by atoms with van der Waals surface area (Å²) in [5, 5.41) is 19.2. The van der Waals surface area contributed by atoms with E-state index in [4.69, 9.17) is 4.74 Å². The van der Waals surface area contributed by atoms with E-state index in [1.54, 1.807) is 7.11 Å². The molecule has 0 bridgehead atoms. The van der Waals surface area contributed by atoms with Crippen LogP contribution in [0.1, 0.15) is 30.1 Å². The lowest BCUT2D eigenvalue weighted by Gasteiger charge is -2.11. The highest BCUT2D eigenvalue weighted by Gasteiger charge is 2.16. The molecule has 0 fully saturated rings. The van der Waals surface area contributed by atoms with Crippen LogP contribution < -0.4 is 10.1 Å². The van der Waals surface area contributed by atoms with Crippen LogP contribution in [0.2, 0.25) is 0 Å². The third-order valence-corrected chi connectivity index (χ3v) is 3.38. The van der Waals surface area contributed by atoms with Gasteiger partial charge in [-0.3, -0.25) is 9.89 Å². The van der Waals surface area contributed by atoms with Gasteiger partial charge in [-0.1, -0.05) is 13.3 Å². The molecule has 1 aromatic carbocycles. The van der Waals surface area contributed by atoms with E-state index in [9.17, 15) is 9.90 Å². The number of aromatic amines is 1. The molecule has 0 aliphatic carbocycles. The smallest absolute Gasteiger partial charge is 0.255 e. The van der Waals surface area contributed by atoms with Crippen LogP contribution in [0.3, 0.4) is 0 Å². The third-order valence-electron chi connectivity index (χ3n) is 3.38. The lowest BCUT2D eigenvalue weighted by molar-refractivity contribution is 0.0911. The van der Waals surface area contributed by atoms with Gasteiger partial charge in [0, 0.05) is 12.1 Å². The number of H-pyrrole nitrogens is 1. The van der Waals surface area contributed by atoms with Crippen molar-refractivity contribution in [1.82, 2.24) is 15.5 Å². The molecule has 0 aliphatic rings. The predicted octanol–water partition coefficient (Wildman–Crippen LogP) is 1.98. The van der Waals surface area contributed by atoms with E-state index >= 15 is 0 Å². The summed E-state index contributed by atoms with van der Waals surface area (Å²) in [7, 11) is 1.60. The van der Waals surface area contributed by atoms with Gasteiger partial charge < -0.3 is 15.2 Å². The maximum absolute atomic E-state index is 12.2. The van der Waals surface area contributed by atoms with Crippen LogP contribution >= 0.6 is 0 Å². The second kappa shape index (κ2) is 7.61. The summed E-state index contributed by atoms with van der Waals surface area (Å²) in [6.45, 7) is 2.23. The highest BCUT2D eigenvalue weighted by molar-refractivity contribution is 5.99.